The first-order valence-electron chi connectivity index (χ1n) is 9.61. The van der Waals surface area contributed by atoms with E-state index in [4.69, 9.17) is 9.47 Å². The van der Waals surface area contributed by atoms with Gasteiger partial charge in [0, 0.05) is 6.61 Å². The Morgan fingerprint density at radius 3 is 2.67 bits per heavy atom. The number of amides is 1. The minimum atomic E-state index is -0.115. The number of phenols is 1. The molecule has 0 spiro atoms. The average molecular weight is 538 g/mol. The quantitative estimate of drug-likeness (QED) is 0.290. The van der Waals surface area contributed by atoms with Gasteiger partial charge in [-0.2, -0.15) is 0 Å². The molecule has 0 aliphatic carbocycles. The molecule has 2 aromatic carbocycles. The Morgan fingerprint density at radius 1 is 1.20 bits per heavy atom. The van der Waals surface area contributed by atoms with Crippen molar-refractivity contribution in [1.82, 2.24) is 4.90 Å². The number of hydrogen-bond acceptors (Lipinski definition) is 6. The lowest BCUT2D eigenvalue weighted by Gasteiger charge is -2.15. The number of amidine groups is 1. The molecule has 1 fully saturated rings. The summed E-state index contributed by atoms with van der Waals surface area (Å²) in [7, 11) is 0. The minimum Gasteiger partial charge on any atom is -0.504 e. The Balaban J connectivity index is 1.93. The zero-order valence-corrected chi connectivity index (χ0v) is 19.8. The molecule has 158 valence electrons. The number of rotatable bonds is 8. The number of hydrogen-bond donors (Lipinski definition) is 1. The third kappa shape index (κ3) is 5.55. The molecule has 1 heterocycles. The lowest BCUT2D eigenvalue weighted by Crippen LogP contribution is -2.32. The highest BCUT2D eigenvalue weighted by Gasteiger charge is 2.33. The maximum atomic E-state index is 13.1. The van der Waals surface area contributed by atoms with E-state index in [-0.39, 0.29) is 11.7 Å². The number of nitrogens with zero attached hydrogens (tertiary/aromatic N) is 2. The zero-order valence-electron chi connectivity index (χ0n) is 16.8. The molecule has 3 rings (SSSR count). The third-order valence-electron chi connectivity index (χ3n) is 4.18. The molecule has 6 nitrogen and oxygen atoms in total. The molecule has 2 aromatic rings. The van der Waals surface area contributed by atoms with Crippen LogP contribution in [0.1, 0.15) is 19.4 Å². The van der Waals surface area contributed by atoms with Crippen molar-refractivity contribution in [2.45, 2.75) is 13.8 Å². The van der Waals surface area contributed by atoms with E-state index in [1.807, 2.05) is 50.2 Å². The summed E-state index contributed by atoms with van der Waals surface area (Å²) in [5.74, 6) is 0.392. The van der Waals surface area contributed by atoms with Crippen LogP contribution >= 0.6 is 34.4 Å². The van der Waals surface area contributed by atoms with Crippen LogP contribution in [0, 0.1) is 3.57 Å². The summed E-state index contributed by atoms with van der Waals surface area (Å²) < 4.78 is 11.6. The summed E-state index contributed by atoms with van der Waals surface area (Å²) in [6.07, 6.45) is 1.80. The number of carbonyl (C=O) groups is 1. The molecule has 1 saturated heterocycles. The Bertz CT molecular complexity index is 963. The van der Waals surface area contributed by atoms with Crippen molar-refractivity contribution in [3.05, 3.63) is 56.5 Å². The molecule has 0 bridgehead atoms. The number of benzene rings is 2. The number of aromatic hydroxyl groups is 1. The molecule has 8 heteroatoms. The Morgan fingerprint density at radius 2 is 1.97 bits per heavy atom. The molecule has 1 N–H and O–H groups in total. The first-order valence-corrected chi connectivity index (χ1v) is 11.5. The molecule has 0 unspecified atom stereocenters. The van der Waals surface area contributed by atoms with Crippen molar-refractivity contribution in [1.29, 1.82) is 0 Å². The van der Waals surface area contributed by atoms with E-state index in [2.05, 4.69) is 27.6 Å². The molecule has 0 atom stereocenters. The average Bonchev–Trinajstić information content (AvgIpc) is 3.01. The minimum absolute atomic E-state index is 0.106. The second-order valence-electron chi connectivity index (χ2n) is 6.28. The predicted octanol–water partition coefficient (Wildman–Crippen LogP) is 5.04. The van der Waals surface area contributed by atoms with Gasteiger partial charge >= 0.3 is 0 Å². The van der Waals surface area contributed by atoms with Gasteiger partial charge in [-0.25, -0.2) is 4.99 Å². The lowest BCUT2D eigenvalue weighted by atomic mass is 10.2. The van der Waals surface area contributed by atoms with Gasteiger partial charge in [0.1, 0.15) is 0 Å². The number of phenolic OH excluding ortho intramolecular Hbond substituents is 1. The fourth-order valence-electron chi connectivity index (χ4n) is 2.80. The van der Waals surface area contributed by atoms with E-state index >= 15 is 0 Å². The van der Waals surface area contributed by atoms with Crippen LogP contribution in [0.5, 0.6) is 11.5 Å². The van der Waals surface area contributed by atoms with Gasteiger partial charge in [0.05, 0.1) is 33.9 Å². The smallest absolute Gasteiger partial charge is 0.266 e. The van der Waals surface area contributed by atoms with Crippen molar-refractivity contribution in [2.24, 2.45) is 4.99 Å². The summed E-state index contributed by atoms with van der Waals surface area (Å²) in [6.45, 7) is 5.69. The SMILES string of the molecule is CCOCCN1C(=O)/C(=C/c2cc(I)c(O)c(OCC)c2)SC1=Nc1ccccc1. The van der Waals surface area contributed by atoms with Crippen LogP contribution in [0.4, 0.5) is 5.69 Å². The predicted molar refractivity (Wildman–Crippen MR) is 129 cm³/mol. The standard InChI is InChI=1S/C22H23IN2O4S/c1-3-28-11-10-25-21(27)19(30-22(25)24-16-8-6-5-7-9-16)14-15-12-17(23)20(26)18(13-15)29-4-2/h5-9,12-14,26H,3-4,10-11H2,1-2H3/b19-14-,24-22?. The van der Waals surface area contributed by atoms with Crippen LogP contribution in [0.25, 0.3) is 6.08 Å². The molecule has 1 amide bonds. The van der Waals surface area contributed by atoms with Crippen molar-refractivity contribution < 1.29 is 19.4 Å². The van der Waals surface area contributed by atoms with Crippen molar-refractivity contribution in [3.8, 4) is 11.5 Å². The van der Waals surface area contributed by atoms with Crippen molar-refractivity contribution in [3.63, 3.8) is 0 Å². The number of carbonyl (C=O) groups excluding carboxylic acids is 1. The Kier molecular flexibility index (Phi) is 8.17. The van der Waals surface area contributed by atoms with E-state index in [0.29, 0.717) is 45.8 Å². The Hall–Kier alpha value is -2.04. The molecule has 1 aliphatic rings. The summed E-state index contributed by atoms with van der Waals surface area (Å²) in [5.41, 5.74) is 1.57. The summed E-state index contributed by atoms with van der Waals surface area (Å²) >= 11 is 3.38. The van der Waals surface area contributed by atoms with Gasteiger partial charge in [0.25, 0.3) is 5.91 Å². The normalized spacial score (nSPS) is 16.6. The lowest BCUT2D eigenvalue weighted by molar-refractivity contribution is -0.122. The molecule has 0 aromatic heterocycles. The molecule has 0 saturated carbocycles. The number of ether oxygens (including phenoxy) is 2. The van der Waals surface area contributed by atoms with E-state index in [9.17, 15) is 9.90 Å². The second kappa shape index (κ2) is 10.8. The van der Waals surface area contributed by atoms with E-state index in [1.165, 1.54) is 11.8 Å². The monoisotopic (exact) mass is 538 g/mol. The van der Waals surface area contributed by atoms with Crippen LogP contribution < -0.4 is 4.74 Å². The molecule has 0 radical (unpaired) electrons. The van der Waals surface area contributed by atoms with E-state index in [1.54, 1.807) is 17.0 Å². The van der Waals surface area contributed by atoms with Crippen LogP contribution in [0.2, 0.25) is 0 Å². The summed E-state index contributed by atoms with van der Waals surface area (Å²) in [5, 5.41) is 10.8. The van der Waals surface area contributed by atoms with Gasteiger partial charge in [0.15, 0.2) is 16.7 Å². The van der Waals surface area contributed by atoms with Gasteiger partial charge < -0.3 is 14.6 Å². The van der Waals surface area contributed by atoms with Crippen molar-refractivity contribution in [2.75, 3.05) is 26.4 Å². The van der Waals surface area contributed by atoms with Gasteiger partial charge in [-0.3, -0.25) is 9.69 Å². The third-order valence-corrected chi connectivity index (χ3v) is 6.01. The van der Waals surface area contributed by atoms with Crippen LogP contribution in [0.15, 0.2) is 52.4 Å². The topological polar surface area (TPSA) is 71.4 Å². The van der Waals surface area contributed by atoms with Gasteiger partial charge in [-0.15, -0.1) is 0 Å². The zero-order chi connectivity index (χ0) is 21.5. The van der Waals surface area contributed by atoms with E-state index in [0.717, 1.165) is 11.3 Å². The number of aliphatic imine (C=N–C) groups is 1. The van der Waals surface area contributed by atoms with Gasteiger partial charge in [-0.05, 0) is 84.1 Å². The highest BCUT2D eigenvalue weighted by atomic mass is 127. The fraction of sp³-hybridized carbons (Fsp3) is 0.273. The maximum Gasteiger partial charge on any atom is 0.266 e. The molecular weight excluding hydrogens is 515 g/mol. The largest absolute Gasteiger partial charge is 0.504 e. The summed E-state index contributed by atoms with van der Waals surface area (Å²) in [6, 6.07) is 13.1. The number of thioether (sulfide) groups is 1. The van der Waals surface area contributed by atoms with Crippen LogP contribution in [0.3, 0.4) is 0 Å². The van der Waals surface area contributed by atoms with Crippen molar-refractivity contribution >= 4 is 57.2 Å². The summed E-state index contributed by atoms with van der Waals surface area (Å²) in [4.78, 5) is 20.0. The fourth-order valence-corrected chi connectivity index (χ4v) is 4.45. The first kappa shape index (κ1) is 22.6. The maximum absolute atomic E-state index is 13.1. The number of halogens is 1. The first-order chi connectivity index (χ1) is 14.5. The number of para-hydroxylation sites is 1. The molecule has 30 heavy (non-hydrogen) atoms. The van der Waals surface area contributed by atoms with Gasteiger partial charge in [-0.1, -0.05) is 18.2 Å². The van der Waals surface area contributed by atoms with Crippen LogP contribution in [-0.4, -0.2) is 47.4 Å². The van der Waals surface area contributed by atoms with Crippen LogP contribution in [-0.2, 0) is 9.53 Å². The Labute approximate surface area is 194 Å². The second-order valence-corrected chi connectivity index (χ2v) is 8.45. The highest BCUT2D eigenvalue weighted by Crippen LogP contribution is 2.37. The van der Waals surface area contributed by atoms with E-state index < -0.39 is 0 Å². The van der Waals surface area contributed by atoms with Gasteiger partial charge in [0.2, 0.25) is 0 Å². The highest BCUT2D eigenvalue weighted by molar-refractivity contribution is 14.1. The molecular formula is C22H23IN2O4S. The molecule has 1 aliphatic heterocycles.